The number of carbonyl (C=O) groups excluding carboxylic acids is 1. The van der Waals surface area contributed by atoms with Crippen molar-refractivity contribution in [2.45, 2.75) is 79.2 Å². The SMILES string of the molecule is CCC(CC)(C1=CC=C(OCC(N=O)C(C)(C)C)C2(C)CC12)c1cc(C)c(C(=O)NCC(=O)O)s1. The van der Waals surface area contributed by atoms with Crippen molar-refractivity contribution in [3.8, 4) is 0 Å². The fourth-order valence-electron chi connectivity index (χ4n) is 5.20. The van der Waals surface area contributed by atoms with Crippen LogP contribution in [0.25, 0.3) is 0 Å². The molecule has 0 radical (unpaired) electrons. The van der Waals surface area contributed by atoms with Crippen LogP contribution in [0.1, 0.15) is 80.9 Å². The van der Waals surface area contributed by atoms with Gasteiger partial charge in [-0.25, -0.2) is 0 Å². The molecule has 0 saturated heterocycles. The molecule has 1 amide bonds. The van der Waals surface area contributed by atoms with E-state index in [0.717, 1.165) is 35.5 Å². The quantitative estimate of drug-likeness (QED) is 0.362. The summed E-state index contributed by atoms with van der Waals surface area (Å²) in [6, 6.07) is 1.67. The van der Waals surface area contributed by atoms with Gasteiger partial charge in [0.05, 0.1) is 4.88 Å². The molecule has 35 heavy (non-hydrogen) atoms. The van der Waals surface area contributed by atoms with Gasteiger partial charge in [0.2, 0.25) is 0 Å². The molecule has 2 N–H and O–H groups in total. The monoisotopic (exact) mass is 502 g/mol. The molecule has 2 aliphatic carbocycles. The van der Waals surface area contributed by atoms with E-state index >= 15 is 0 Å². The molecule has 0 aromatic carbocycles. The van der Waals surface area contributed by atoms with Gasteiger partial charge in [-0.3, -0.25) is 9.59 Å². The fraction of sp³-hybridized carbons (Fsp3) is 0.630. The van der Waals surface area contributed by atoms with Crippen LogP contribution in [0.4, 0.5) is 0 Å². The van der Waals surface area contributed by atoms with E-state index in [-0.39, 0.29) is 28.8 Å². The highest BCUT2D eigenvalue weighted by Crippen LogP contribution is 2.67. The molecule has 8 heteroatoms. The summed E-state index contributed by atoms with van der Waals surface area (Å²) >= 11 is 1.46. The third-order valence-electron chi connectivity index (χ3n) is 7.87. The van der Waals surface area contributed by atoms with E-state index in [1.54, 1.807) is 0 Å². The Morgan fingerprint density at radius 2 is 1.94 bits per heavy atom. The number of amides is 1. The molecular weight excluding hydrogens is 464 g/mol. The van der Waals surface area contributed by atoms with Crippen molar-refractivity contribution in [1.29, 1.82) is 0 Å². The summed E-state index contributed by atoms with van der Waals surface area (Å²) < 4.78 is 6.18. The van der Waals surface area contributed by atoms with E-state index in [1.165, 1.54) is 16.9 Å². The van der Waals surface area contributed by atoms with Crippen molar-refractivity contribution in [2.24, 2.45) is 21.9 Å². The third kappa shape index (κ3) is 5.08. The minimum atomic E-state index is -1.06. The number of carbonyl (C=O) groups is 2. The van der Waals surface area contributed by atoms with Gasteiger partial charge in [-0.1, -0.05) is 58.4 Å². The van der Waals surface area contributed by atoms with Crippen molar-refractivity contribution in [1.82, 2.24) is 5.32 Å². The maximum absolute atomic E-state index is 12.6. The molecule has 1 saturated carbocycles. The number of nitrogens with one attached hydrogen (secondary N) is 1. The van der Waals surface area contributed by atoms with Crippen LogP contribution in [0.2, 0.25) is 0 Å². The number of rotatable bonds is 11. The summed E-state index contributed by atoms with van der Waals surface area (Å²) in [5.74, 6) is -0.149. The minimum absolute atomic E-state index is 0.0982. The van der Waals surface area contributed by atoms with Gasteiger partial charge in [0, 0.05) is 15.7 Å². The number of nitroso groups, excluding NO2 is 1. The number of hydrogen-bond donors (Lipinski definition) is 2. The Hall–Kier alpha value is -2.48. The van der Waals surface area contributed by atoms with Crippen LogP contribution < -0.4 is 5.32 Å². The Kier molecular flexibility index (Phi) is 7.65. The first-order chi connectivity index (χ1) is 16.3. The second-order valence-electron chi connectivity index (χ2n) is 11.1. The van der Waals surface area contributed by atoms with Crippen molar-refractivity contribution >= 4 is 23.2 Å². The van der Waals surface area contributed by atoms with Gasteiger partial charge in [-0.05, 0) is 55.2 Å². The molecule has 3 atom stereocenters. The fourth-order valence-corrected chi connectivity index (χ4v) is 6.65. The molecule has 1 aromatic heterocycles. The Morgan fingerprint density at radius 1 is 1.29 bits per heavy atom. The van der Waals surface area contributed by atoms with Gasteiger partial charge >= 0.3 is 5.97 Å². The second-order valence-corrected chi connectivity index (χ2v) is 12.2. The summed E-state index contributed by atoms with van der Waals surface area (Å²) in [7, 11) is 0. The number of fused-ring (bicyclic) bond motifs is 1. The predicted molar refractivity (Wildman–Crippen MR) is 139 cm³/mol. The Balaban J connectivity index is 1.91. The molecule has 192 valence electrons. The maximum Gasteiger partial charge on any atom is 0.322 e. The van der Waals surface area contributed by atoms with Crippen LogP contribution in [0.3, 0.4) is 0 Å². The number of hydrogen-bond acceptors (Lipinski definition) is 6. The number of carboxylic acids is 1. The molecule has 3 rings (SSSR count). The highest BCUT2D eigenvalue weighted by Gasteiger charge is 2.60. The zero-order valence-electron chi connectivity index (χ0n) is 21.9. The van der Waals surface area contributed by atoms with Gasteiger partial charge in [-0.2, -0.15) is 4.91 Å². The lowest BCUT2D eigenvalue weighted by Crippen LogP contribution is -2.31. The normalized spacial score (nSPS) is 22.4. The lowest BCUT2D eigenvalue weighted by Gasteiger charge is -2.37. The van der Waals surface area contributed by atoms with E-state index in [4.69, 9.17) is 9.84 Å². The number of allylic oxidation sites excluding steroid dienone is 4. The molecule has 1 aromatic rings. The summed E-state index contributed by atoms with van der Waals surface area (Å²) in [5, 5.41) is 14.7. The minimum Gasteiger partial charge on any atom is -0.495 e. The summed E-state index contributed by atoms with van der Waals surface area (Å²) in [5.41, 5.74) is 1.66. The van der Waals surface area contributed by atoms with Crippen LogP contribution in [0.15, 0.2) is 34.7 Å². The van der Waals surface area contributed by atoms with Crippen molar-refractivity contribution in [3.63, 3.8) is 0 Å². The molecule has 0 spiro atoms. The van der Waals surface area contributed by atoms with Crippen molar-refractivity contribution < 1.29 is 19.4 Å². The second kappa shape index (κ2) is 9.88. The first-order valence-electron chi connectivity index (χ1n) is 12.3. The number of nitrogens with zero attached hydrogens (tertiary/aromatic N) is 1. The van der Waals surface area contributed by atoms with Crippen LogP contribution in [-0.2, 0) is 14.9 Å². The van der Waals surface area contributed by atoms with E-state index in [1.807, 2.05) is 27.7 Å². The zero-order valence-corrected chi connectivity index (χ0v) is 22.7. The topological polar surface area (TPSA) is 105 Å². The largest absolute Gasteiger partial charge is 0.495 e. The molecular formula is C27H38N2O5S. The molecule has 3 unspecified atom stereocenters. The molecule has 0 aliphatic heterocycles. The zero-order chi connectivity index (χ0) is 26.2. The maximum atomic E-state index is 12.6. The lowest BCUT2D eigenvalue weighted by atomic mass is 9.69. The van der Waals surface area contributed by atoms with Gasteiger partial charge in [-0.15, -0.1) is 11.3 Å². The highest BCUT2D eigenvalue weighted by molar-refractivity contribution is 7.14. The number of aliphatic carboxylic acids is 1. The van der Waals surface area contributed by atoms with Gasteiger partial charge in [0.1, 0.15) is 25.0 Å². The Labute approximate surface area is 212 Å². The first-order valence-corrected chi connectivity index (χ1v) is 13.1. The molecule has 2 aliphatic rings. The molecule has 1 fully saturated rings. The number of thiophene rings is 1. The third-order valence-corrected chi connectivity index (χ3v) is 9.31. The van der Waals surface area contributed by atoms with Crippen molar-refractivity contribution in [2.75, 3.05) is 13.2 Å². The summed E-state index contributed by atoms with van der Waals surface area (Å²) in [6.45, 7) is 14.3. The summed E-state index contributed by atoms with van der Waals surface area (Å²) in [6.07, 6.45) is 7.01. The van der Waals surface area contributed by atoms with Crippen LogP contribution in [-0.4, -0.2) is 36.2 Å². The highest BCUT2D eigenvalue weighted by atomic mass is 32.1. The van der Waals surface area contributed by atoms with E-state index < -0.39 is 18.6 Å². The number of aryl methyl sites for hydroxylation is 1. The van der Waals surface area contributed by atoms with Gasteiger partial charge < -0.3 is 15.2 Å². The van der Waals surface area contributed by atoms with Gasteiger partial charge in [0.15, 0.2) is 0 Å². The number of ether oxygens (including phenoxy) is 1. The molecule has 0 bridgehead atoms. The molecule has 7 nitrogen and oxygen atoms in total. The van der Waals surface area contributed by atoms with E-state index in [0.29, 0.717) is 10.8 Å². The van der Waals surface area contributed by atoms with Crippen LogP contribution in [0, 0.1) is 28.6 Å². The van der Waals surface area contributed by atoms with E-state index in [2.05, 4.69) is 49.5 Å². The Morgan fingerprint density at radius 3 is 2.49 bits per heavy atom. The van der Waals surface area contributed by atoms with Crippen molar-refractivity contribution in [3.05, 3.63) is 49.8 Å². The lowest BCUT2D eigenvalue weighted by molar-refractivity contribution is -0.135. The van der Waals surface area contributed by atoms with Crippen LogP contribution in [0.5, 0.6) is 0 Å². The van der Waals surface area contributed by atoms with Crippen LogP contribution >= 0.6 is 11.3 Å². The smallest absolute Gasteiger partial charge is 0.322 e. The number of carboxylic acid groups (broad SMARTS) is 1. The summed E-state index contributed by atoms with van der Waals surface area (Å²) in [4.78, 5) is 36.5. The molecule has 1 heterocycles. The Bertz CT molecular complexity index is 1060. The predicted octanol–water partition coefficient (Wildman–Crippen LogP) is 5.98. The first kappa shape index (κ1) is 27.1. The average Bonchev–Trinajstić information content (AvgIpc) is 3.35. The van der Waals surface area contributed by atoms with E-state index in [9.17, 15) is 14.5 Å². The average molecular weight is 503 g/mol. The standard InChI is InChI=1S/C27H38N2O5S/c1-8-27(9-2,21-12-16(3)23(35-21)24(32)28-14-22(30)31)17-10-11-20(26(7)13-18(17)26)34-15-19(29-33)25(4,5)6/h10-12,18-19H,8-9,13-15H2,1-7H3,(H,28,32)(H,30,31). The van der Waals surface area contributed by atoms with Gasteiger partial charge in [0.25, 0.3) is 5.91 Å².